The Hall–Kier alpha value is -2.94. The van der Waals surface area contributed by atoms with Crippen molar-refractivity contribution >= 4 is 46.5 Å². The van der Waals surface area contributed by atoms with E-state index in [4.69, 9.17) is 27.9 Å². The third-order valence-electron chi connectivity index (χ3n) is 4.82. The quantitative estimate of drug-likeness (QED) is 0.557. The number of anilines is 2. The molecule has 4 rings (SSSR count). The van der Waals surface area contributed by atoms with E-state index in [1.807, 2.05) is 0 Å². The molecule has 10 heteroatoms. The Bertz CT molecular complexity index is 1160. The molecular weight excluding hydrogens is 446 g/mol. The van der Waals surface area contributed by atoms with Gasteiger partial charge in [0.1, 0.15) is 17.7 Å². The maximum atomic E-state index is 13.4. The van der Waals surface area contributed by atoms with E-state index in [1.165, 1.54) is 30.0 Å². The van der Waals surface area contributed by atoms with Crippen molar-refractivity contribution in [1.82, 2.24) is 9.78 Å². The third-order valence-corrected chi connectivity index (χ3v) is 5.37. The van der Waals surface area contributed by atoms with Gasteiger partial charge in [-0.25, -0.2) is 9.07 Å². The number of ether oxygens (including phenoxy) is 1. The number of fused-ring (bicyclic) bond motifs is 1. The number of methoxy groups -OCH3 is 1. The fraction of sp³-hybridized carbons (Fsp3) is 0.190. The van der Waals surface area contributed by atoms with Crippen molar-refractivity contribution in [3.63, 3.8) is 0 Å². The van der Waals surface area contributed by atoms with Gasteiger partial charge in [-0.1, -0.05) is 35.3 Å². The predicted molar refractivity (Wildman–Crippen MR) is 116 cm³/mol. The zero-order valence-corrected chi connectivity index (χ0v) is 17.8. The largest absolute Gasteiger partial charge is 0.378 e. The third kappa shape index (κ3) is 4.27. The number of hydrogen-bond donors (Lipinski definition) is 2. The van der Waals surface area contributed by atoms with Crippen LogP contribution in [0, 0.1) is 5.82 Å². The second kappa shape index (κ2) is 8.66. The van der Waals surface area contributed by atoms with Crippen LogP contribution in [0.1, 0.15) is 18.2 Å². The van der Waals surface area contributed by atoms with Gasteiger partial charge >= 0.3 is 0 Å². The molecular formula is C21H17Cl2FN4O3. The van der Waals surface area contributed by atoms with Crippen LogP contribution >= 0.6 is 23.2 Å². The highest BCUT2D eigenvalue weighted by Gasteiger charge is 2.37. The molecule has 0 saturated carbocycles. The minimum Gasteiger partial charge on any atom is -0.378 e. The number of carbonyl (C=O) groups excluding carboxylic acids is 2. The lowest BCUT2D eigenvalue weighted by Gasteiger charge is -2.11. The fourth-order valence-electron chi connectivity index (χ4n) is 3.44. The zero-order valence-electron chi connectivity index (χ0n) is 16.3. The summed E-state index contributed by atoms with van der Waals surface area (Å²) in [6.45, 7) is 0.182. The molecule has 1 aliphatic rings. The molecule has 1 atom stereocenters. The monoisotopic (exact) mass is 462 g/mol. The molecule has 160 valence electrons. The van der Waals surface area contributed by atoms with Crippen LogP contribution < -0.4 is 10.6 Å². The maximum Gasteiger partial charge on any atom is 0.251 e. The van der Waals surface area contributed by atoms with Gasteiger partial charge in [0, 0.05) is 17.7 Å². The molecule has 2 aromatic carbocycles. The standard InChI is InChI=1S/C21H17Cl2FN4O3/c1-31-10-16-19(11-2-5-13(24)6-3-11)20-26-21(30)17(28(20)27-16)9-18(29)25-15-7-4-12(22)8-14(15)23/h2-8,17H,9-10H2,1H3,(H,25,29)(H,26,30). The molecule has 0 aliphatic carbocycles. The molecule has 3 aromatic rings. The van der Waals surface area contributed by atoms with Gasteiger partial charge in [-0.15, -0.1) is 0 Å². The van der Waals surface area contributed by atoms with Crippen molar-refractivity contribution in [3.05, 3.63) is 64.0 Å². The number of aromatic nitrogens is 2. The Kier molecular flexibility index (Phi) is 5.95. The first kappa shape index (κ1) is 21.3. The van der Waals surface area contributed by atoms with E-state index < -0.39 is 11.9 Å². The molecule has 0 spiro atoms. The van der Waals surface area contributed by atoms with Crippen LogP contribution in [0.15, 0.2) is 42.5 Å². The summed E-state index contributed by atoms with van der Waals surface area (Å²) < 4.78 is 20.1. The van der Waals surface area contributed by atoms with Crippen molar-refractivity contribution in [2.75, 3.05) is 17.7 Å². The van der Waals surface area contributed by atoms with Crippen LogP contribution in [0.2, 0.25) is 10.0 Å². The topological polar surface area (TPSA) is 85.2 Å². The van der Waals surface area contributed by atoms with Gasteiger partial charge in [0.2, 0.25) is 5.91 Å². The van der Waals surface area contributed by atoms with E-state index in [1.54, 1.807) is 24.3 Å². The highest BCUT2D eigenvalue weighted by atomic mass is 35.5. The van der Waals surface area contributed by atoms with Crippen molar-refractivity contribution < 1.29 is 18.7 Å². The number of hydrogen-bond acceptors (Lipinski definition) is 4. The molecule has 0 fully saturated rings. The molecule has 0 bridgehead atoms. The highest BCUT2D eigenvalue weighted by Crippen LogP contribution is 2.39. The van der Waals surface area contributed by atoms with Gasteiger partial charge < -0.3 is 15.4 Å². The number of amides is 2. The van der Waals surface area contributed by atoms with Crippen LogP contribution in [0.5, 0.6) is 0 Å². The Morgan fingerprint density at radius 1 is 1.26 bits per heavy atom. The number of carbonyl (C=O) groups is 2. The Morgan fingerprint density at radius 2 is 2.00 bits per heavy atom. The predicted octanol–water partition coefficient (Wildman–Crippen LogP) is 4.66. The summed E-state index contributed by atoms with van der Waals surface area (Å²) in [5, 5.41) is 10.7. The second-order valence-electron chi connectivity index (χ2n) is 6.94. The summed E-state index contributed by atoms with van der Waals surface area (Å²) in [4.78, 5) is 25.2. The van der Waals surface area contributed by atoms with Crippen molar-refractivity contribution in [1.29, 1.82) is 0 Å². The molecule has 0 saturated heterocycles. The van der Waals surface area contributed by atoms with Gasteiger partial charge in [-0.2, -0.15) is 5.10 Å². The summed E-state index contributed by atoms with van der Waals surface area (Å²) in [5.74, 6) is -0.720. The summed E-state index contributed by atoms with van der Waals surface area (Å²) >= 11 is 12.0. The Labute approximate surface area is 187 Å². The Balaban J connectivity index is 1.62. The SMILES string of the molecule is COCc1nn2c(c1-c1ccc(F)cc1)NC(=O)C2CC(=O)Nc1ccc(Cl)cc1Cl. The number of nitrogens with one attached hydrogen (secondary N) is 2. The van der Waals surface area contributed by atoms with Gasteiger partial charge in [0.05, 0.1) is 29.4 Å². The minimum absolute atomic E-state index is 0.158. The molecule has 2 amide bonds. The maximum absolute atomic E-state index is 13.4. The highest BCUT2D eigenvalue weighted by molar-refractivity contribution is 6.36. The lowest BCUT2D eigenvalue weighted by atomic mass is 10.1. The van der Waals surface area contributed by atoms with Crippen LogP contribution in [0.3, 0.4) is 0 Å². The molecule has 1 unspecified atom stereocenters. The van der Waals surface area contributed by atoms with E-state index >= 15 is 0 Å². The van der Waals surface area contributed by atoms with E-state index in [2.05, 4.69) is 15.7 Å². The van der Waals surface area contributed by atoms with Crippen molar-refractivity contribution in [3.8, 4) is 11.1 Å². The van der Waals surface area contributed by atoms with Crippen LogP contribution in [0.4, 0.5) is 15.9 Å². The smallest absolute Gasteiger partial charge is 0.251 e. The molecule has 2 heterocycles. The number of nitrogens with zero attached hydrogens (tertiary/aromatic N) is 2. The summed E-state index contributed by atoms with van der Waals surface area (Å²) in [6, 6.07) is 9.69. The first-order chi connectivity index (χ1) is 14.9. The summed E-state index contributed by atoms with van der Waals surface area (Å²) in [5.41, 5.74) is 2.25. The average Bonchev–Trinajstić information content (AvgIpc) is 3.20. The summed E-state index contributed by atoms with van der Waals surface area (Å²) in [6.07, 6.45) is -0.158. The zero-order chi connectivity index (χ0) is 22.1. The van der Waals surface area contributed by atoms with Crippen molar-refractivity contribution in [2.24, 2.45) is 0 Å². The molecule has 0 radical (unpaired) electrons. The van der Waals surface area contributed by atoms with E-state index in [0.29, 0.717) is 33.3 Å². The van der Waals surface area contributed by atoms with E-state index in [9.17, 15) is 14.0 Å². The van der Waals surface area contributed by atoms with Crippen LogP contribution in [-0.2, 0) is 20.9 Å². The summed E-state index contributed by atoms with van der Waals surface area (Å²) in [7, 11) is 1.53. The van der Waals surface area contributed by atoms with Gasteiger partial charge in [0.25, 0.3) is 5.91 Å². The van der Waals surface area contributed by atoms with Gasteiger partial charge in [-0.05, 0) is 35.9 Å². The molecule has 31 heavy (non-hydrogen) atoms. The Morgan fingerprint density at radius 3 is 2.68 bits per heavy atom. The van der Waals surface area contributed by atoms with Gasteiger partial charge in [0.15, 0.2) is 0 Å². The van der Waals surface area contributed by atoms with Crippen LogP contribution in [0.25, 0.3) is 11.1 Å². The minimum atomic E-state index is -0.856. The molecule has 1 aromatic heterocycles. The van der Waals surface area contributed by atoms with Crippen LogP contribution in [-0.4, -0.2) is 28.7 Å². The molecule has 2 N–H and O–H groups in total. The van der Waals surface area contributed by atoms with E-state index in [-0.39, 0.29) is 29.8 Å². The average molecular weight is 463 g/mol. The van der Waals surface area contributed by atoms with E-state index in [0.717, 1.165) is 0 Å². The first-order valence-corrected chi connectivity index (χ1v) is 10.0. The number of halogens is 3. The lowest BCUT2D eigenvalue weighted by Crippen LogP contribution is -2.24. The molecule has 7 nitrogen and oxygen atoms in total. The number of rotatable bonds is 6. The number of benzene rings is 2. The fourth-order valence-corrected chi connectivity index (χ4v) is 3.90. The van der Waals surface area contributed by atoms with Gasteiger partial charge in [-0.3, -0.25) is 9.59 Å². The molecule has 1 aliphatic heterocycles. The van der Waals surface area contributed by atoms with Crippen molar-refractivity contribution in [2.45, 2.75) is 19.1 Å². The first-order valence-electron chi connectivity index (χ1n) is 9.29. The second-order valence-corrected chi connectivity index (χ2v) is 7.78. The lowest BCUT2D eigenvalue weighted by molar-refractivity contribution is -0.123. The normalized spacial score (nSPS) is 15.0.